The molecule has 0 bridgehead atoms. The van der Waals surface area contributed by atoms with Gasteiger partial charge in [0.25, 0.3) is 0 Å². The molecule has 2 N–H and O–H groups in total. The van der Waals surface area contributed by atoms with E-state index in [0.717, 1.165) is 22.3 Å². The Kier molecular flexibility index (Phi) is 8.31. The Hall–Kier alpha value is -3.35. The first kappa shape index (κ1) is 25.3. The smallest absolute Gasteiger partial charge is 0.407 e. The molecule has 0 heterocycles. The molecule has 0 fully saturated rings. The van der Waals surface area contributed by atoms with Crippen molar-refractivity contribution in [3.05, 3.63) is 59.7 Å². The number of nitrogens with zero attached hydrogens (tertiary/aromatic N) is 1. The predicted molar refractivity (Wildman–Crippen MR) is 131 cm³/mol. The molecule has 0 saturated heterocycles. The molecule has 7 nitrogen and oxygen atoms in total. The molecule has 1 aliphatic rings. The van der Waals surface area contributed by atoms with E-state index in [9.17, 15) is 19.5 Å². The lowest BCUT2D eigenvalue weighted by atomic mass is 9.98. The Labute approximate surface area is 201 Å². The molecule has 0 radical (unpaired) electrons. The summed E-state index contributed by atoms with van der Waals surface area (Å²) in [5.41, 5.74) is 4.49. The number of carboxylic acid groups (broad SMARTS) is 1. The van der Waals surface area contributed by atoms with Crippen molar-refractivity contribution < 1.29 is 24.2 Å². The standard InChI is InChI=1S/C27H34N2O5/c1-5-18(4)29(15-25(30)31)26(32)24(14-17(2)3)28-27(33)34-16-23-21-12-8-6-10-19(21)20-11-7-9-13-22(20)23/h6-13,17-18,23-24H,5,14-16H2,1-4H3,(H,28,33)(H,30,31)/t18?,24-/m0/s1. The van der Waals surface area contributed by atoms with Crippen LogP contribution in [-0.4, -0.2) is 53.2 Å². The van der Waals surface area contributed by atoms with Crippen molar-refractivity contribution in [1.82, 2.24) is 10.2 Å². The van der Waals surface area contributed by atoms with Gasteiger partial charge < -0.3 is 20.1 Å². The van der Waals surface area contributed by atoms with Crippen LogP contribution in [0.15, 0.2) is 48.5 Å². The average Bonchev–Trinajstić information content (AvgIpc) is 3.13. The van der Waals surface area contributed by atoms with Gasteiger partial charge in [-0.3, -0.25) is 9.59 Å². The highest BCUT2D eigenvalue weighted by atomic mass is 16.5. The molecule has 1 unspecified atom stereocenters. The molecule has 0 aromatic heterocycles. The third-order valence-electron chi connectivity index (χ3n) is 6.35. The number of hydrogen-bond donors (Lipinski definition) is 2. The largest absolute Gasteiger partial charge is 0.480 e. The molecule has 0 spiro atoms. The second-order valence-electron chi connectivity index (χ2n) is 9.27. The van der Waals surface area contributed by atoms with Gasteiger partial charge in [0.1, 0.15) is 19.2 Å². The third kappa shape index (κ3) is 5.76. The van der Waals surface area contributed by atoms with E-state index >= 15 is 0 Å². The van der Waals surface area contributed by atoms with Crippen LogP contribution in [-0.2, 0) is 14.3 Å². The molecule has 2 aromatic carbocycles. The Morgan fingerprint density at radius 2 is 1.56 bits per heavy atom. The maximum atomic E-state index is 13.2. The molecular formula is C27H34N2O5. The lowest BCUT2D eigenvalue weighted by molar-refractivity contribution is -0.147. The lowest BCUT2D eigenvalue weighted by Crippen LogP contribution is -2.53. The van der Waals surface area contributed by atoms with Crippen molar-refractivity contribution in [1.29, 1.82) is 0 Å². The Balaban J connectivity index is 1.72. The van der Waals surface area contributed by atoms with Gasteiger partial charge >= 0.3 is 12.1 Å². The summed E-state index contributed by atoms with van der Waals surface area (Å²) in [6.45, 7) is 7.33. The summed E-state index contributed by atoms with van der Waals surface area (Å²) < 4.78 is 5.61. The topological polar surface area (TPSA) is 95.9 Å². The van der Waals surface area contributed by atoms with Crippen LogP contribution < -0.4 is 5.32 Å². The highest BCUT2D eigenvalue weighted by Gasteiger charge is 2.32. The first-order chi connectivity index (χ1) is 16.2. The number of ether oxygens (including phenoxy) is 1. The number of alkyl carbamates (subject to hydrolysis) is 1. The summed E-state index contributed by atoms with van der Waals surface area (Å²) in [7, 11) is 0. The Morgan fingerprint density at radius 1 is 1.00 bits per heavy atom. The molecule has 182 valence electrons. The maximum Gasteiger partial charge on any atom is 0.407 e. The van der Waals surface area contributed by atoms with Crippen LogP contribution >= 0.6 is 0 Å². The average molecular weight is 467 g/mol. The first-order valence-corrected chi connectivity index (χ1v) is 11.9. The second kappa shape index (κ2) is 11.2. The number of carboxylic acids is 1. The minimum atomic E-state index is -1.09. The number of rotatable bonds is 10. The van der Waals surface area contributed by atoms with Gasteiger partial charge in [-0.15, -0.1) is 0 Å². The summed E-state index contributed by atoms with van der Waals surface area (Å²) in [5.74, 6) is -1.45. The monoisotopic (exact) mass is 466 g/mol. The van der Waals surface area contributed by atoms with E-state index in [4.69, 9.17) is 4.74 Å². The molecule has 2 amide bonds. The Bertz CT molecular complexity index is 990. The predicted octanol–water partition coefficient (Wildman–Crippen LogP) is 4.65. The molecule has 0 saturated carbocycles. The number of carbonyl (C=O) groups excluding carboxylic acids is 2. The van der Waals surface area contributed by atoms with E-state index < -0.39 is 30.6 Å². The zero-order valence-corrected chi connectivity index (χ0v) is 20.3. The molecule has 1 aliphatic carbocycles. The summed E-state index contributed by atoms with van der Waals surface area (Å²) in [4.78, 5) is 38.7. The van der Waals surface area contributed by atoms with Crippen molar-refractivity contribution in [2.75, 3.05) is 13.2 Å². The van der Waals surface area contributed by atoms with Crippen LogP contribution in [0.3, 0.4) is 0 Å². The Morgan fingerprint density at radius 3 is 2.06 bits per heavy atom. The van der Waals surface area contributed by atoms with Gasteiger partial charge in [-0.2, -0.15) is 0 Å². The van der Waals surface area contributed by atoms with Gasteiger partial charge in [-0.25, -0.2) is 4.79 Å². The highest BCUT2D eigenvalue weighted by molar-refractivity contribution is 5.88. The molecule has 7 heteroatoms. The minimum Gasteiger partial charge on any atom is -0.480 e. The van der Waals surface area contributed by atoms with Gasteiger partial charge in [0, 0.05) is 12.0 Å². The van der Waals surface area contributed by atoms with E-state index in [1.165, 1.54) is 4.90 Å². The SMILES string of the molecule is CCC(C)N(CC(=O)O)C(=O)[C@H](CC(C)C)NC(=O)OCC1c2ccccc2-c2ccccc21. The van der Waals surface area contributed by atoms with E-state index in [-0.39, 0.29) is 24.5 Å². The fraction of sp³-hybridized carbons (Fsp3) is 0.444. The summed E-state index contributed by atoms with van der Waals surface area (Å²) in [6, 6.07) is 15.0. The molecule has 3 rings (SSSR count). The number of benzene rings is 2. The lowest BCUT2D eigenvalue weighted by Gasteiger charge is -2.31. The second-order valence-corrected chi connectivity index (χ2v) is 9.27. The van der Waals surface area contributed by atoms with Gasteiger partial charge in [-0.1, -0.05) is 69.3 Å². The molecular weight excluding hydrogens is 432 g/mol. The van der Waals surface area contributed by atoms with Crippen molar-refractivity contribution in [2.45, 2.75) is 58.5 Å². The molecule has 0 aliphatic heterocycles. The van der Waals surface area contributed by atoms with Crippen LogP contribution in [0.5, 0.6) is 0 Å². The number of amides is 2. The van der Waals surface area contributed by atoms with E-state index in [1.807, 2.05) is 57.2 Å². The van der Waals surface area contributed by atoms with Crippen molar-refractivity contribution in [3.63, 3.8) is 0 Å². The molecule has 2 aromatic rings. The van der Waals surface area contributed by atoms with E-state index in [2.05, 4.69) is 17.4 Å². The van der Waals surface area contributed by atoms with E-state index in [0.29, 0.717) is 12.8 Å². The van der Waals surface area contributed by atoms with Gasteiger partial charge in [0.15, 0.2) is 0 Å². The van der Waals surface area contributed by atoms with Crippen LogP contribution in [0.25, 0.3) is 11.1 Å². The zero-order chi connectivity index (χ0) is 24.8. The molecule has 34 heavy (non-hydrogen) atoms. The van der Waals surface area contributed by atoms with Crippen molar-refractivity contribution >= 4 is 18.0 Å². The van der Waals surface area contributed by atoms with Crippen LogP contribution in [0.1, 0.15) is 57.6 Å². The van der Waals surface area contributed by atoms with Crippen LogP contribution in [0.2, 0.25) is 0 Å². The van der Waals surface area contributed by atoms with Crippen LogP contribution in [0, 0.1) is 5.92 Å². The van der Waals surface area contributed by atoms with Crippen molar-refractivity contribution in [3.8, 4) is 11.1 Å². The zero-order valence-electron chi connectivity index (χ0n) is 20.3. The summed E-state index contributed by atoms with van der Waals surface area (Å²) >= 11 is 0. The molecule has 2 atom stereocenters. The number of carbonyl (C=O) groups is 3. The van der Waals surface area contributed by atoms with Crippen molar-refractivity contribution in [2.24, 2.45) is 5.92 Å². The fourth-order valence-corrected chi connectivity index (χ4v) is 4.49. The number of fused-ring (bicyclic) bond motifs is 3. The quantitative estimate of drug-likeness (QED) is 0.531. The van der Waals surface area contributed by atoms with Gasteiger partial charge in [0.05, 0.1) is 0 Å². The summed E-state index contributed by atoms with van der Waals surface area (Å²) in [6.07, 6.45) is 0.314. The van der Waals surface area contributed by atoms with Gasteiger partial charge in [0.2, 0.25) is 5.91 Å². The number of aliphatic carboxylic acids is 1. The highest BCUT2D eigenvalue weighted by Crippen LogP contribution is 2.44. The van der Waals surface area contributed by atoms with E-state index in [1.54, 1.807) is 6.92 Å². The third-order valence-corrected chi connectivity index (χ3v) is 6.35. The normalized spacial score (nSPS) is 14.1. The summed E-state index contributed by atoms with van der Waals surface area (Å²) in [5, 5.41) is 12.0. The maximum absolute atomic E-state index is 13.2. The number of nitrogens with one attached hydrogen (secondary N) is 1. The number of hydrogen-bond acceptors (Lipinski definition) is 4. The van der Waals surface area contributed by atoms with Crippen LogP contribution in [0.4, 0.5) is 4.79 Å². The van der Waals surface area contributed by atoms with Gasteiger partial charge in [-0.05, 0) is 47.9 Å². The first-order valence-electron chi connectivity index (χ1n) is 11.9. The minimum absolute atomic E-state index is 0.0824. The fourth-order valence-electron chi connectivity index (χ4n) is 4.49.